The first-order valence-electron chi connectivity index (χ1n) is 1.92. The van der Waals surface area contributed by atoms with Gasteiger partial charge in [0, 0.05) is 9.17 Å². The first-order valence-corrected chi connectivity index (χ1v) is 5.75. The van der Waals surface area contributed by atoms with Crippen LogP contribution in [0.5, 0.6) is 0 Å². The van der Waals surface area contributed by atoms with E-state index in [9.17, 15) is 0 Å². The number of rotatable bonds is 0. The Bertz CT molecular complexity index is 116. The van der Waals surface area contributed by atoms with Crippen LogP contribution in [0.2, 0.25) is 0 Å². The summed E-state index contributed by atoms with van der Waals surface area (Å²) in [5.41, 5.74) is 0. The van der Waals surface area contributed by atoms with Crippen LogP contribution in [0, 0.1) is 0 Å². The van der Waals surface area contributed by atoms with Crippen molar-refractivity contribution in [1.29, 1.82) is 0 Å². The normalized spacial score (nSPS) is 5.14. The van der Waals surface area contributed by atoms with Gasteiger partial charge in [0.25, 0.3) is 0 Å². The van der Waals surface area contributed by atoms with Gasteiger partial charge in [0.05, 0.1) is 0 Å². The molecule has 0 atom stereocenters. The van der Waals surface area contributed by atoms with Crippen LogP contribution in [0.4, 0.5) is 0 Å². The zero-order chi connectivity index (χ0) is 10.7. The molecule has 0 amide bonds. The van der Waals surface area contributed by atoms with E-state index in [0.717, 1.165) is 0 Å². The van der Waals surface area contributed by atoms with Crippen molar-refractivity contribution in [3.63, 3.8) is 0 Å². The second kappa shape index (κ2) is 23.1. The average Bonchev–Trinajstić information content (AvgIpc) is 1.54. The Balaban J connectivity index is -0.0000000270. The van der Waals surface area contributed by atoms with Crippen molar-refractivity contribution >= 4 is 27.5 Å². The molecule has 0 aromatic rings. The summed E-state index contributed by atoms with van der Waals surface area (Å²) < 4.78 is 26.0. The molecule has 14 heteroatoms. The third-order valence-electron chi connectivity index (χ3n) is 0. The molecule has 0 unspecified atom stereocenters. The van der Waals surface area contributed by atoms with E-state index in [0.29, 0.717) is 0 Å². The van der Waals surface area contributed by atoms with Gasteiger partial charge in [-0.05, 0) is 0 Å². The summed E-state index contributed by atoms with van der Waals surface area (Å²) in [4.78, 5) is 45.7. The van der Waals surface area contributed by atoms with Gasteiger partial charge in [0.2, 0.25) is 0 Å². The molecule has 0 heterocycles. The fourth-order valence-corrected chi connectivity index (χ4v) is 0. The van der Waals surface area contributed by atoms with E-state index in [1.54, 1.807) is 0 Å². The van der Waals surface area contributed by atoms with Gasteiger partial charge in [-0.15, -0.1) is 0 Å². The third-order valence-corrected chi connectivity index (χ3v) is 0. The van der Waals surface area contributed by atoms with E-state index in [1.807, 2.05) is 0 Å². The largest absolute Gasteiger partial charge is 1.00 e. The molecule has 0 rings (SSSR count). The predicted octanol–water partition coefficient (Wildman–Crippen LogP) is -12.1. The Morgan fingerprint density at radius 2 is 0.714 bits per heavy atom. The van der Waals surface area contributed by atoms with Crippen LogP contribution in [0.15, 0.2) is 0 Å². The van der Waals surface area contributed by atoms with Crippen molar-refractivity contribution in [3.8, 4) is 0 Å². The molecule has 0 radical (unpaired) electrons. The molecule has 0 aliphatic rings. The Morgan fingerprint density at radius 1 is 0.714 bits per heavy atom. The van der Waals surface area contributed by atoms with Crippen molar-refractivity contribution in [2.24, 2.45) is 0 Å². The van der Waals surface area contributed by atoms with Gasteiger partial charge < -0.3 is 33.2 Å². The van der Waals surface area contributed by atoms with Crippen LogP contribution in [-0.2, 0) is 13.4 Å². The molecule has 0 aliphatic heterocycles. The smallest absolute Gasteiger partial charge is 0.672 e. The zero-order valence-electron chi connectivity index (χ0n) is 7.33. The maximum atomic E-state index is 8.74. The Morgan fingerprint density at radius 3 is 0.714 bits per heavy atom. The Labute approximate surface area is 107 Å². The molecule has 0 spiro atoms. The summed E-state index contributed by atoms with van der Waals surface area (Å²) in [6, 6.07) is 0. The van der Waals surface area contributed by atoms with E-state index < -0.39 is 27.5 Å². The van der Waals surface area contributed by atoms with Gasteiger partial charge in [-0.25, -0.2) is 0 Å². The van der Waals surface area contributed by atoms with Crippen LogP contribution in [0.25, 0.3) is 0 Å². The van der Waals surface area contributed by atoms with Gasteiger partial charge in [0.15, 0.2) is 0 Å². The van der Waals surface area contributed by atoms with E-state index in [2.05, 4.69) is 0 Å². The monoisotopic (exact) mass is 246 g/mol. The SMILES string of the molecule is O=[Si](O)O.O=[Si](O)O.O=[Si]([O-])[O-].[Li+].[Li+]. The first-order chi connectivity index (χ1) is 5.20. The molecule has 14 heavy (non-hydrogen) atoms. The average molecular weight is 246 g/mol. The molecule has 4 N–H and O–H groups in total. The van der Waals surface area contributed by atoms with Crippen LogP contribution in [0.1, 0.15) is 0 Å². The molecule has 0 fully saturated rings. The zero-order valence-corrected chi connectivity index (χ0v) is 10.3. The minimum atomic E-state index is -3.63. The second-order valence-electron chi connectivity index (χ2n) is 0.815. The van der Waals surface area contributed by atoms with Crippen LogP contribution in [0.3, 0.4) is 0 Å². The van der Waals surface area contributed by atoms with Gasteiger partial charge in [-0.2, -0.15) is 0 Å². The fourth-order valence-electron chi connectivity index (χ4n) is 0. The Kier molecular flexibility index (Phi) is 48.3. The standard InChI is InChI=1S/2Li.2H2O3Si.O3Si/c;;3*1-4(2)3/h;;2*1-2H;/q2*+1;;;-2. The van der Waals surface area contributed by atoms with Crippen LogP contribution in [-0.4, -0.2) is 46.7 Å². The van der Waals surface area contributed by atoms with Crippen molar-refractivity contribution in [2.45, 2.75) is 0 Å². The summed E-state index contributed by atoms with van der Waals surface area (Å²) in [6.45, 7) is 0. The molecular weight excluding hydrogens is 242 g/mol. The minimum Gasteiger partial charge on any atom is -0.672 e. The van der Waals surface area contributed by atoms with Gasteiger partial charge >= 0.3 is 56.1 Å². The summed E-state index contributed by atoms with van der Waals surface area (Å²) in [5, 5.41) is 0. The van der Waals surface area contributed by atoms with Gasteiger partial charge in [-0.3, -0.25) is 8.92 Å². The maximum absolute atomic E-state index is 8.74. The molecule has 9 nitrogen and oxygen atoms in total. The van der Waals surface area contributed by atoms with Crippen LogP contribution >= 0.6 is 0 Å². The van der Waals surface area contributed by atoms with Gasteiger partial charge in [0.1, 0.15) is 0 Å². The van der Waals surface area contributed by atoms with Gasteiger partial charge in [-0.1, -0.05) is 0 Å². The van der Waals surface area contributed by atoms with Crippen molar-refractivity contribution < 1.29 is 79.9 Å². The Hall–Kier alpha value is 0.0455. The topological polar surface area (TPSA) is 178 Å². The molecule has 72 valence electrons. The van der Waals surface area contributed by atoms with E-state index in [4.69, 9.17) is 42.2 Å². The van der Waals surface area contributed by atoms with Crippen LogP contribution < -0.4 is 47.3 Å². The van der Waals surface area contributed by atoms with Crippen molar-refractivity contribution in [3.05, 3.63) is 0 Å². The molecule has 0 bridgehead atoms. The van der Waals surface area contributed by atoms with E-state index in [1.165, 1.54) is 0 Å². The first kappa shape index (κ1) is 29.2. The quantitative estimate of drug-likeness (QED) is 0.302. The molecule has 0 aliphatic carbocycles. The molecule has 0 saturated carbocycles. The molecule has 0 aromatic heterocycles. The summed E-state index contributed by atoms with van der Waals surface area (Å²) in [7, 11) is -9.89. The third kappa shape index (κ3) is 711000. The molecule has 0 aromatic carbocycles. The summed E-state index contributed by atoms with van der Waals surface area (Å²) >= 11 is 0. The molecular formula is H4Li2O9Si3. The number of hydrogen-bond acceptors (Lipinski definition) is 5. The molecule has 0 saturated heterocycles. The van der Waals surface area contributed by atoms with Crippen molar-refractivity contribution in [1.82, 2.24) is 0 Å². The van der Waals surface area contributed by atoms with E-state index in [-0.39, 0.29) is 37.7 Å². The number of hydrogen-bond donors (Lipinski definition) is 4. The summed E-state index contributed by atoms with van der Waals surface area (Å²) in [5.74, 6) is 0. The fraction of sp³-hybridized carbons (Fsp3) is 0. The van der Waals surface area contributed by atoms with Crippen molar-refractivity contribution in [2.75, 3.05) is 0 Å². The maximum Gasteiger partial charge on any atom is 1.00 e. The second-order valence-corrected chi connectivity index (χ2v) is 2.45. The minimum absolute atomic E-state index is 0. The summed E-state index contributed by atoms with van der Waals surface area (Å²) in [6.07, 6.45) is 0. The predicted molar refractivity (Wildman–Crippen MR) is 28.2 cm³/mol. The van der Waals surface area contributed by atoms with E-state index >= 15 is 0 Å².